The fraction of sp³-hybridized carbons (Fsp3) is 0.389. The molecule has 164 valence electrons. The van der Waals surface area contributed by atoms with Crippen molar-refractivity contribution in [3.8, 4) is 5.88 Å². The summed E-state index contributed by atoms with van der Waals surface area (Å²) in [6.07, 6.45) is -7.85. The van der Waals surface area contributed by atoms with Gasteiger partial charge in [-0.1, -0.05) is 11.6 Å². The lowest BCUT2D eigenvalue weighted by Gasteiger charge is -2.28. The number of alkyl halides is 6. The summed E-state index contributed by atoms with van der Waals surface area (Å²) >= 11 is 5.76. The zero-order chi connectivity index (χ0) is 22.7. The van der Waals surface area contributed by atoms with Crippen LogP contribution >= 0.6 is 11.6 Å². The third kappa shape index (κ3) is 5.53. The van der Waals surface area contributed by atoms with Crippen molar-refractivity contribution >= 4 is 17.5 Å². The van der Waals surface area contributed by atoms with Crippen molar-refractivity contribution in [1.82, 2.24) is 14.9 Å². The maximum Gasteiger partial charge on any atom is 0.417 e. The molecule has 0 aliphatic heterocycles. The molecule has 2 aromatic heterocycles. The number of rotatable bonds is 6. The topological polar surface area (TPSA) is 55.3 Å². The van der Waals surface area contributed by atoms with Gasteiger partial charge in [0.1, 0.15) is 12.3 Å². The zero-order valence-electron chi connectivity index (χ0n) is 15.7. The lowest BCUT2D eigenvalue weighted by molar-refractivity contribution is -0.138. The van der Waals surface area contributed by atoms with Gasteiger partial charge in [0.25, 0.3) is 5.91 Å². The van der Waals surface area contributed by atoms with Gasteiger partial charge in [0.15, 0.2) is 0 Å². The Hall–Kier alpha value is -2.56. The normalized spacial score (nSPS) is 13.1. The highest BCUT2D eigenvalue weighted by Crippen LogP contribution is 2.36. The molecule has 0 radical (unpaired) electrons. The van der Waals surface area contributed by atoms with Crippen molar-refractivity contribution in [2.24, 2.45) is 0 Å². The highest BCUT2D eigenvalue weighted by atomic mass is 35.5. The third-order valence-corrected chi connectivity index (χ3v) is 4.45. The quantitative estimate of drug-likeness (QED) is 0.569. The molecule has 5 nitrogen and oxygen atoms in total. The number of ether oxygens (including phenoxy) is 1. The predicted molar refractivity (Wildman–Crippen MR) is 95.2 cm³/mol. The SMILES string of the molecule is CCN(C(=O)c1nccc(C(F)(F)F)c1Cl)[C@@H](C)COc1ccc(C(F)(F)F)cn1. The number of nitrogens with zero attached hydrogens (tertiary/aromatic N) is 3. The average molecular weight is 456 g/mol. The summed E-state index contributed by atoms with van der Waals surface area (Å²) in [5.74, 6) is -0.946. The molecule has 2 rings (SSSR count). The molecule has 0 aromatic carbocycles. The molecule has 0 aliphatic carbocycles. The Balaban J connectivity index is 2.13. The van der Waals surface area contributed by atoms with Crippen LogP contribution in [0.1, 0.15) is 35.5 Å². The predicted octanol–water partition coefficient (Wildman–Crippen LogP) is 5.10. The number of hydrogen-bond donors (Lipinski definition) is 0. The highest BCUT2D eigenvalue weighted by molar-refractivity contribution is 6.34. The second kappa shape index (κ2) is 9.07. The Morgan fingerprint density at radius 2 is 1.80 bits per heavy atom. The van der Waals surface area contributed by atoms with E-state index < -0.39 is 46.1 Å². The summed E-state index contributed by atoms with van der Waals surface area (Å²) < 4.78 is 82.0. The van der Waals surface area contributed by atoms with Gasteiger partial charge in [0.05, 0.1) is 22.2 Å². The lowest BCUT2D eigenvalue weighted by atomic mass is 10.2. The minimum Gasteiger partial charge on any atom is -0.475 e. The van der Waals surface area contributed by atoms with Crippen LogP contribution in [-0.4, -0.2) is 40.0 Å². The number of amides is 1. The van der Waals surface area contributed by atoms with Gasteiger partial charge in [0, 0.05) is 25.0 Å². The summed E-state index contributed by atoms with van der Waals surface area (Å²) in [4.78, 5) is 21.1. The molecule has 0 N–H and O–H groups in total. The smallest absolute Gasteiger partial charge is 0.417 e. The van der Waals surface area contributed by atoms with Crippen molar-refractivity contribution in [3.05, 3.63) is 52.4 Å². The van der Waals surface area contributed by atoms with Gasteiger partial charge in [-0.25, -0.2) is 9.97 Å². The third-order valence-electron chi connectivity index (χ3n) is 4.07. The zero-order valence-corrected chi connectivity index (χ0v) is 16.4. The van der Waals surface area contributed by atoms with Crippen LogP contribution < -0.4 is 4.74 Å². The number of aromatic nitrogens is 2. The van der Waals surface area contributed by atoms with Crippen LogP contribution in [-0.2, 0) is 12.4 Å². The van der Waals surface area contributed by atoms with Gasteiger partial charge in [-0.05, 0) is 26.0 Å². The van der Waals surface area contributed by atoms with E-state index in [-0.39, 0.29) is 19.0 Å². The number of likely N-dealkylation sites (N-methyl/N-ethyl adjacent to an activating group) is 1. The van der Waals surface area contributed by atoms with Gasteiger partial charge < -0.3 is 9.64 Å². The number of carbonyl (C=O) groups is 1. The second-order valence-electron chi connectivity index (χ2n) is 6.15. The molecule has 1 amide bonds. The number of carbonyl (C=O) groups excluding carboxylic acids is 1. The summed E-state index contributed by atoms with van der Waals surface area (Å²) in [7, 11) is 0. The molecule has 0 aliphatic rings. The Morgan fingerprint density at radius 1 is 1.13 bits per heavy atom. The summed E-state index contributed by atoms with van der Waals surface area (Å²) in [5.41, 5.74) is -2.69. The first-order chi connectivity index (χ1) is 13.9. The summed E-state index contributed by atoms with van der Waals surface area (Å²) in [5, 5.41) is -0.814. The van der Waals surface area contributed by atoms with Crippen LogP contribution in [0.4, 0.5) is 26.3 Å². The summed E-state index contributed by atoms with van der Waals surface area (Å²) in [6.45, 7) is 3.06. The van der Waals surface area contributed by atoms with E-state index in [0.29, 0.717) is 12.3 Å². The molecule has 2 aromatic rings. The summed E-state index contributed by atoms with van der Waals surface area (Å²) in [6, 6.07) is 1.82. The molecule has 30 heavy (non-hydrogen) atoms. The maximum absolute atomic E-state index is 13.0. The van der Waals surface area contributed by atoms with Crippen molar-refractivity contribution in [2.45, 2.75) is 32.2 Å². The Labute approximate surface area is 172 Å². The first-order valence-electron chi connectivity index (χ1n) is 8.55. The van der Waals surface area contributed by atoms with Gasteiger partial charge in [-0.15, -0.1) is 0 Å². The Morgan fingerprint density at radius 3 is 2.30 bits per heavy atom. The van der Waals surface area contributed by atoms with Crippen molar-refractivity contribution in [1.29, 1.82) is 0 Å². The van der Waals surface area contributed by atoms with Crippen LogP contribution in [0, 0.1) is 0 Å². The molecule has 0 saturated carbocycles. The minimum absolute atomic E-state index is 0.0953. The molecule has 0 unspecified atom stereocenters. The molecule has 12 heteroatoms. The van der Waals surface area contributed by atoms with Gasteiger partial charge >= 0.3 is 12.4 Å². The first kappa shape index (κ1) is 23.7. The Bertz CT molecular complexity index is 887. The lowest BCUT2D eigenvalue weighted by Crippen LogP contribution is -2.42. The van der Waals surface area contributed by atoms with E-state index in [4.69, 9.17) is 16.3 Å². The molecule has 0 fully saturated rings. The molecule has 0 bridgehead atoms. The Kier molecular flexibility index (Phi) is 7.17. The molecular formula is C18H16ClF6N3O2. The average Bonchev–Trinajstić information content (AvgIpc) is 2.65. The van der Waals surface area contributed by atoms with E-state index in [2.05, 4.69) is 9.97 Å². The van der Waals surface area contributed by atoms with Crippen LogP contribution in [0.25, 0.3) is 0 Å². The standard InChI is InChI=1S/C18H16ClF6N3O2/c1-3-28(16(29)15-14(19)12(6-7-26-15)18(23,24)25)10(2)9-30-13-5-4-11(8-27-13)17(20,21)22/h4-8,10H,3,9H2,1-2H3/t10-/m0/s1. The fourth-order valence-electron chi connectivity index (χ4n) is 2.53. The first-order valence-corrected chi connectivity index (χ1v) is 8.92. The van der Waals surface area contributed by atoms with Crippen LogP contribution in [0.3, 0.4) is 0 Å². The molecular weight excluding hydrogens is 440 g/mol. The van der Waals surface area contributed by atoms with Crippen molar-refractivity contribution < 1.29 is 35.9 Å². The monoisotopic (exact) mass is 455 g/mol. The number of pyridine rings is 2. The molecule has 0 saturated heterocycles. The molecule has 1 atom stereocenters. The van der Waals surface area contributed by atoms with Crippen molar-refractivity contribution in [2.75, 3.05) is 13.2 Å². The van der Waals surface area contributed by atoms with Crippen LogP contribution in [0.2, 0.25) is 5.02 Å². The van der Waals surface area contributed by atoms with E-state index in [0.717, 1.165) is 18.3 Å². The fourth-order valence-corrected chi connectivity index (χ4v) is 2.83. The van der Waals surface area contributed by atoms with Crippen LogP contribution in [0.15, 0.2) is 30.6 Å². The number of halogens is 7. The van der Waals surface area contributed by atoms with Gasteiger partial charge in [-0.2, -0.15) is 26.3 Å². The van der Waals surface area contributed by atoms with E-state index in [9.17, 15) is 31.1 Å². The highest BCUT2D eigenvalue weighted by Gasteiger charge is 2.36. The van der Waals surface area contributed by atoms with Crippen molar-refractivity contribution in [3.63, 3.8) is 0 Å². The number of hydrogen-bond acceptors (Lipinski definition) is 4. The largest absolute Gasteiger partial charge is 0.475 e. The van der Waals surface area contributed by atoms with E-state index in [1.807, 2.05) is 0 Å². The van der Waals surface area contributed by atoms with E-state index in [1.54, 1.807) is 13.8 Å². The van der Waals surface area contributed by atoms with E-state index >= 15 is 0 Å². The minimum atomic E-state index is -4.75. The maximum atomic E-state index is 13.0. The van der Waals surface area contributed by atoms with Gasteiger partial charge in [-0.3, -0.25) is 4.79 Å². The van der Waals surface area contributed by atoms with Gasteiger partial charge in [0.2, 0.25) is 5.88 Å². The molecule has 2 heterocycles. The van der Waals surface area contributed by atoms with E-state index in [1.165, 1.54) is 4.90 Å². The second-order valence-corrected chi connectivity index (χ2v) is 6.53. The van der Waals surface area contributed by atoms with Crippen LogP contribution in [0.5, 0.6) is 5.88 Å². The molecule has 0 spiro atoms.